The molecule has 1 aromatic rings. The van der Waals surface area contributed by atoms with E-state index in [9.17, 15) is 9.90 Å². The second kappa shape index (κ2) is 5.56. The van der Waals surface area contributed by atoms with Gasteiger partial charge in [-0.2, -0.15) is 0 Å². The largest absolute Gasteiger partial charge is 0.497 e. The second-order valence-corrected chi connectivity index (χ2v) is 5.87. The van der Waals surface area contributed by atoms with Crippen LogP contribution < -0.4 is 9.47 Å². The average Bonchev–Trinajstić information content (AvgIpc) is 3.04. The lowest BCUT2D eigenvalue weighted by atomic mass is 10.1. The first-order valence-electron chi connectivity index (χ1n) is 7.41. The minimum atomic E-state index is -0.735. The summed E-state index contributed by atoms with van der Waals surface area (Å²) in [7, 11) is 1.65. The number of carboxylic acid groups (broad SMARTS) is 1. The number of ether oxygens (including phenoxy) is 2. The Kier molecular flexibility index (Phi) is 3.76. The molecule has 3 rings (SSSR count). The van der Waals surface area contributed by atoms with Crippen LogP contribution >= 0.6 is 0 Å². The third-order valence-corrected chi connectivity index (χ3v) is 4.30. The first-order chi connectivity index (χ1) is 10.1. The van der Waals surface area contributed by atoms with E-state index < -0.39 is 5.97 Å². The van der Waals surface area contributed by atoms with Crippen molar-refractivity contribution in [2.45, 2.75) is 44.9 Å². The van der Waals surface area contributed by atoms with Gasteiger partial charge in [0.25, 0.3) is 0 Å². The first kappa shape index (κ1) is 14.2. The third kappa shape index (κ3) is 2.70. The fraction of sp³-hybridized carbons (Fsp3) is 0.562. The monoisotopic (exact) mass is 291 g/mol. The molecule has 2 heterocycles. The fourth-order valence-electron chi connectivity index (χ4n) is 3.33. The molecule has 0 aromatic heterocycles. The second-order valence-electron chi connectivity index (χ2n) is 5.87. The summed E-state index contributed by atoms with van der Waals surface area (Å²) in [5, 5.41) is 9.30. The minimum absolute atomic E-state index is 0.166. The maximum absolute atomic E-state index is 11.3. The molecule has 1 saturated heterocycles. The van der Waals surface area contributed by atoms with E-state index in [2.05, 4.69) is 0 Å². The molecule has 0 amide bonds. The lowest BCUT2D eigenvalue weighted by Gasteiger charge is -2.22. The molecule has 2 aliphatic heterocycles. The molecule has 2 aliphatic rings. The Morgan fingerprint density at radius 3 is 3.05 bits per heavy atom. The van der Waals surface area contributed by atoms with Crippen LogP contribution in [0.2, 0.25) is 0 Å². The van der Waals surface area contributed by atoms with E-state index in [1.54, 1.807) is 7.11 Å². The number of benzene rings is 1. The van der Waals surface area contributed by atoms with Crippen LogP contribution in [-0.4, -0.2) is 41.8 Å². The number of carboxylic acids is 1. The quantitative estimate of drug-likeness (QED) is 0.920. The van der Waals surface area contributed by atoms with Crippen LogP contribution in [0.15, 0.2) is 12.1 Å². The van der Waals surface area contributed by atoms with Crippen molar-refractivity contribution in [1.29, 1.82) is 0 Å². The predicted octanol–water partition coefficient (Wildman–Crippen LogP) is 2.07. The van der Waals surface area contributed by atoms with Crippen molar-refractivity contribution in [3.05, 3.63) is 23.3 Å². The molecule has 114 valence electrons. The van der Waals surface area contributed by atoms with Crippen molar-refractivity contribution < 1.29 is 19.4 Å². The molecule has 0 bridgehead atoms. The van der Waals surface area contributed by atoms with Gasteiger partial charge >= 0.3 is 5.97 Å². The number of likely N-dealkylation sites (tertiary alicyclic amines) is 1. The van der Waals surface area contributed by atoms with E-state index in [1.807, 2.05) is 24.0 Å². The van der Waals surface area contributed by atoms with Crippen LogP contribution in [-0.2, 0) is 17.8 Å². The van der Waals surface area contributed by atoms with Crippen molar-refractivity contribution in [2.75, 3.05) is 13.7 Å². The van der Waals surface area contributed by atoms with Crippen molar-refractivity contribution in [3.8, 4) is 11.5 Å². The summed E-state index contributed by atoms with van der Waals surface area (Å²) < 4.78 is 11.3. The smallest absolute Gasteiger partial charge is 0.320 e. The highest BCUT2D eigenvalue weighted by molar-refractivity contribution is 5.73. The number of carbonyl (C=O) groups is 1. The Morgan fingerprint density at radius 1 is 1.52 bits per heavy atom. The zero-order valence-corrected chi connectivity index (χ0v) is 12.5. The summed E-state index contributed by atoms with van der Waals surface area (Å²) in [6.45, 7) is 3.47. The molecule has 5 nitrogen and oxygen atoms in total. The number of methoxy groups -OCH3 is 1. The van der Waals surface area contributed by atoms with Crippen molar-refractivity contribution in [2.24, 2.45) is 0 Å². The van der Waals surface area contributed by atoms with E-state index in [1.165, 1.54) is 0 Å². The molecule has 0 spiro atoms. The van der Waals surface area contributed by atoms with E-state index in [0.717, 1.165) is 48.4 Å². The van der Waals surface area contributed by atoms with Crippen LogP contribution in [0.5, 0.6) is 11.5 Å². The predicted molar refractivity (Wildman–Crippen MR) is 77.9 cm³/mol. The molecule has 1 aromatic carbocycles. The SMILES string of the molecule is COc1cc2c(c(CN3CCCC3C(=O)O)c1)OC(C)C2. The van der Waals surface area contributed by atoms with E-state index in [4.69, 9.17) is 9.47 Å². The molecular formula is C16H21NO4. The molecule has 1 N–H and O–H groups in total. The van der Waals surface area contributed by atoms with Gasteiger partial charge in [-0.1, -0.05) is 0 Å². The molecule has 2 unspecified atom stereocenters. The summed E-state index contributed by atoms with van der Waals surface area (Å²) in [6.07, 6.45) is 2.70. The molecule has 0 saturated carbocycles. The zero-order chi connectivity index (χ0) is 15.0. The standard InChI is InChI=1S/C16H21NO4/c1-10-6-11-7-13(20-2)8-12(15(11)21-10)9-17-5-3-4-14(17)16(18)19/h7-8,10,14H,3-6,9H2,1-2H3,(H,18,19). The Labute approximate surface area is 124 Å². The fourth-order valence-corrected chi connectivity index (χ4v) is 3.33. The highest BCUT2D eigenvalue weighted by Gasteiger charge is 2.32. The summed E-state index contributed by atoms with van der Waals surface area (Å²) >= 11 is 0. The van der Waals surface area contributed by atoms with Gasteiger partial charge in [0.15, 0.2) is 0 Å². The van der Waals surface area contributed by atoms with Gasteiger partial charge in [0.1, 0.15) is 23.6 Å². The van der Waals surface area contributed by atoms with Crippen LogP contribution in [0.1, 0.15) is 30.9 Å². The van der Waals surface area contributed by atoms with Crippen molar-refractivity contribution >= 4 is 5.97 Å². The Morgan fingerprint density at radius 2 is 2.33 bits per heavy atom. The first-order valence-corrected chi connectivity index (χ1v) is 7.41. The van der Waals surface area contributed by atoms with Crippen LogP contribution in [0.25, 0.3) is 0 Å². The molecule has 5 heteroatoms. The molecule has 2 atom stereocenters. The third-order valence-electron chi connectivity index (χ3n) is 4.30. The van der Waals surface area contributed by atoms with E-state index in [0.29, 0.717) is 6.54 Å². The van der Waals surface area contributed by atoms with Gasteiger partial charge in [0, 0.05) is 24.1 Å². The maximum Gasteiger partial charge on any atom is 0.320 e. The van der Waals surface area contributed by atoms with Gasteiger partial charge in [0.2, 0.25) is 0 Å². The van der Waals surface area contributed by atoms with E-state index in [-0.39, 0.29) is 12.1 Å². The number of hydrogen-bond donors (Lipinski definition) is 1. The van der Waals surface area contributed by atoms with Crippen LogP contribution in [0, 0.1) is 0 Å². The maximum atomic E-state index is 11.3. The summed E-state index contributed by atoms with van der Waals surface area (Å²) in [5.74, 6) is 0.994. The number of nitrogens with zero attached hydrogens (tertiary/aromatic N) is 1. The highest BCUT2D eigenvalue weighted by Crippen LogP contribution is 2.37. The van der Waals surface area contributed by atoms with Gasteiger partial charge in [0.05, 0.1) is 7.11 Å². The highest BCUT2D eigenvalue weighted by atomic mass is 16.5. The molecule has 0 radical (unpaired) electrons. The lowest BCUT2D eigenvalue weighted by molar-refractivity contribution is -0.142. The topological polar surface area (TPSA) is 59.0 Å². The number of aliphatic carboxylic acids is 1. The lowest BCUT2D eigenvalue weighted by Crippen LogP contribution is -2.35. The Hall–Kier alpha value is -1.75. The van der Waals surface area contributed by atoms with Gasteiger partial charge in [-0.3, -0.25) is 9.69 Å². The van der Waals surface area contributed by atoms with Crippen molar-refractivity contribution in [3.63, 3.8) is 0 Å². The van der Waals surface area contributed by atoms with Crippen LogP contribution in [0.3, 0.4) is 0 Å². The Bertz CT molecular complexity index is 557. The Balaban J connectivity index is 1.88. The summed E-state index contributed by atoms with van der Waals surface area (Å²) in [5.41, 5.74) is 2.18. The summed E-state index contributed by atoms with van der Waals surface area (Å²) in [4.78, 5) is 13.3. The molecule has 21 heavy (non-hydrogen) atoms. The number of fused-ring (bicyclic) bond motifs is 1. The normalized spacial score (nSPS) is 24.7. The number of rotatable bonds is 4. The zero-order valence-electron chi connectivity index (χ0n) is 12.5. The van der Waals surface area contributed by atoms with Gasteiger partial charge in [-0.25, -0.2) is 0 Å². The van der Waals surface area contributed by atoms with Crippen molar-refractivity contribution in [1.82, 2.24) is 4.90 Å². The van der Waals surface area contributed by atoms with Gasteiger partial charge in [-0.15, -0.1) is 0 Å². The van der Waals surface area contributed by atoms with Gasteiger partial charge < -0.3 is 14.6 Å². The minimum Gasteiger partial charge on any atom is -0.497 e. The number of hydrogen-bond acceptors (Lipinski definition) is 4. The summed E-state index contributed by atoms with van der Waals surface area (Å²) in [6, 6.07) is 3.60. The average molecular weight is 291 g/mol. The molecule has 1 fully saturated rings. The molecular weight excluding hydrogens is 270 g/mol. The van der Waals surface area contributed by atoms with E-state index >= 15 is 0 Å². The molecule has 0 aliphatic carbocycles. The van der Waals surface area contributed by atoms with Gasteiger partial charge in [-0.05, 0) is 38.4 Å². The van der Waals surface area contributed by atoms with Crippen LogP contribution in [0.4, 0.5) is 0 Å².